The fourth-order valence-corrected chi connectivity index (χ4v) is 9.14. The first-order valence-electron chi connectivity index (χ1n) is 11.3. The minimum atomic E-state index is -0.0348. The highest BCUT2D eigenvalue weighted by Gasteiger charge is 2.62. The van der Waals surface area contributed by atoms with Crippen molar-refractivity contribution in [2.45, 2.75) is 90.1 Å². The van der Waals surface area contributed by atoms with Crippen molar-refractivity contribution < 1.29 is 5.11 Å². The third-order valence-corrected chi connectivity index (χ3v) is 10.2. The van der Waals surface area contributed by atoms with Crippen LogP contribution in [0.5, 0.6) is 0 Å². The summed E-state index contributed by atoms with van der Waals surface area (Å²) < 4.78 is 0. The Bertz CT molecular complexity index is 647. The van der Waals surface area contributed by atoms with Crippen LogP contribution in [0.4, 0.5) is 0 Å². The number of rotatable bonds is 0. The molecule has 0 amide bonds. The number of nitrogens with zero attached hydrogens (tertiary/aromatic N) is 1. The van der Waals surface area contributed by atoms with E-state index in [-0.39, 0.29) is 6.10 Å². The molecule has 0 aromatic heterocycles. The molecule has 5 aliphatic carbocycles. The zero-order chi connectivity index (χ0) is 17.9. The van der Waals surface area contributed by atoms with Crippen LogP contribution in [0.3, 0.4) is 0 Å². The van der Waals surface area contributed by atoms with Crippen LogP contribution in [-0.2, 0) is 0 Å². The van der Waals surface area contributed by atoms with Gasteiger partial charge in [0.1, 0.15) is 0 Å². The highest BCUT2D eigenvalue weighted by Crippen LogP contribution is 2.70. The average Bonchev–Trinajstić information content (AvgIpc) is 3.03. The van der Waals surface area contributed by atoms with Crippen LogP contribution in [-0.4, -0.2) is 11.2 Å². The van der Waals surface area contributed by atoms with E-state index in [1.54, 1.807) is 0 Å². The number of nitriles is 1. The lowest BCUT2D eigenvalue weighted by Crippen LogP contribution is -2.55. The van der Waals surface area contributed by atoms with E-state index in [1.807, 2.05) is 6.08 Å². The lowest BCUT2D eigenvalue weighted by Gasteiger charge is -2.62. The summed E-state index contributed by atoms with van der Waals surface area (Å²) in [5, 5.41) is 19.5. The molecule has 0 aromatic carbocycles. The molecule has 3 unspecified atom stereocenters. The van der Waals surface area contributed by atoms with Crippen molar-refractivity contribution in [2.75, 3.05) is 0 Å². The summed E-state index contributed by atoms with van der Waals surface area (Å²) >= 11 is 0. The van der Waals surface area contributed by atoms with E-state index in [1.165, 1.54) is 69.8 Å². The largest absolute Gasteiger partial charge is 0.393 e. The van der Waals surface area contributed by atoms with Gasteiger partial charge in [0.2, 0.25) is 0 Å². The third kappa shape index (κ3) is 2.25. The fourth-order valence-electron chi connectivity index (χ4n) is 9.14. The maximum Gasteiger partial charge on any atom is 0.0911 e. The van der Waals surface area contributed by atoms with Gasteiger partial charge in [0, 0.05) is 6.08 Å². The number of aliphatic hydroxyl groups is 1. The van der Waals surface area contributed by atoms with Gasteiger partial charge in [-0.25, -0.2) is 0 Å². The maximum absolute atomic E-state index is 10.2. The Morgan fingerprint density at radius 2 is 1.92 bits per heavy atom. The van der Waals surface area contributed by atoms with E-state index in [4.69, 9.17) is 0 Å². The molecule has 0 heterocycles. The molecule has 2 heteroatoms. The first kappa shape index (κ1) is 17.3. The molecule has 5 aliphatic rings. The smallest absolute Gasteiger partial charge is 0.0911 e. The van der Waals surface area contributed by atoms with Gasteiger partial charge in [0.15, 0.2) is 0 Å². The van der Waals surface area contributed by atoms with Gasteiger partial charge >= 0.3 is 0 Å². The zero-order valence-electron chi connectivity index (χ0n) is 16.4. The minimum Gasteiger partial charge on any atom is -0.393 e. The Hall–Kier alpha value is -0.810. The summed E-state index contributed by atoms with van der Waals surface area (Å²) in [7, 11) is 0. The van der Waals surface area contributed by atoms with Gasteiger partial charge in [0.25, 0.3) is 0 Å². The summed E-state index contributed by atoms with van der Waals surface area (Å²) in [6.45, 7) is 2.59. The Morgan fingerprint density at radius 1 is 1.04 bits per heavy atom. The van der Waals surface area contributed by atoms with Gasteiger partial charge in [0.05, 0.1) is 12.2 Å². The highest BCUT2D eigenvalue weighted by atomic mass is 16.3. The molecule has 5 fully saturated rings. The molecular weight excluding hydrogens is 318 g/mol. The normalized spacial score (nSPS) is 54.6. The van der Waals surface area contributed by atoms with Crippen LogP contribution in [0.2, 0.25) is 0 Å². The average molecular weight is 354 g/mol. The minimum absolute atomic E-state index is 0.0348. The van der Waals surface area contributed by atoms with Gasteiger partial charge in [-0.15, -0.1) is 0 Å². The number of hydrogen-bond donors (Lipinski definition) is 1. The van der Waals surface area contributed by atoms with Crippen molar-refractivity contribution >= 4 is 0 Å². The lowest BCUT2D eigenvalue weighted by atomic mass is 9.43. The van der Waals surface area contributed by atoms with Crippen LogP contribution in [0.1, 0.15) is 84.0 Å². The van der Waals surface area contributed by atoms with Gasteiger partial charge in [-0.05, 0) is 117 Å². The first-order chi connectivity index (χ1) is 12.6. The van der Waals surface area contributed by atoms with Gasteiger partial charge < -0.3 is 5.11 Å². The molecule has 0 radical (unpaired) electrons. The zero-order valence-corrected chi connectivity index (χ0v) is 16.4. The second-order valence-electron chi connectivity index (χ2n) is 10.7. The van der Waals surface area contributed by atoms with Crippen molar-refractivity contribution in [2.24, 2.45) is 40.4 Å². The Morgan fingerprint density at radius 3 is 2.77 bits per heavy atom. The summed E-state index contributed by atoms with van der Waals surface area (Å²) in [4.78, 5) is 0. The van der Waals surface area contributed by atoms with Crippen molar-refractivity contribution in [3.05, 3.63) is 11.6 Å². The SMILES string of the molecule is C[C@]12CC[C@@H](O)C[C@@H]1CCC1C3CC[C@@H]4C(=CC#N)CCC[C@]34CCC12. The van der Waals surface area contributed by atoms with Crippen molar-refractivity contribution in [1.82, 2.24) is 0 Å². The second-order valence-corrected chi connectivity index (χ2v) is 10.7. The first-order valence-corrected chi connectivity index (χ1v) is 11.3. The molecule has 1 spiro atoms. The summed E-state index contributed by atoms with van der Waals surface area (Å²) in [6.07, 6.45) is 17.5. The predicted molar refractivity (Wildman–Crippen MR) is 103 cm³/mol. The monoisotopic (exact) mass is 353 g/mol. The molecule has 26 heavy (non-hydrogen) atoms. The molecule has 8 atom stereocenters. The van der Waals surface area contributed by atoms with E-state index in [0.29, 0.717) is 10.8 Å². The molecular formula is C24H35NO. The molecule has 0 aromatic rings. The van der Waals surface area contributed by atoms with Gasteiger partial charge in [-0.2, -0.15) is 5.26 Å². The van der Waals surface area contributed by atoms with Crippen LogP contribution < -0.4 is 0 Å². The molecule has 2 nitrogen and oxygen atoms in total. The van der Waals surface area contributed by atoms with Crippen molar-refractivity contribution in [1.29, 1.82) is 5.26 Å². The van der Waals surface area contributed by atoms with E-state index in [9.17, 15) is 10.4 Å². The Kier molecular flexibility index (Phi) is 4.06. The third-order valence-electron chi connectivity index (χ3n) is 10.2. The molecule has 5 rings (SSSR count). The van der Waals surface area contributed by atoms with E-state index < -0.39 is 0 Å². The molecule has 1 N–H and O–H groups in total. The Labute approximate surface area is 159 Å². The summed E-state index contributed by atoms with van der Waals surface area (Å²) in [5.41, 5.74) is 2.53. The number of aliphatic hydroxyl groups excluding tert-OH is 1. The fraction of sp³-hybridized carbons (Fsp3) is 0.875. The van der Waals surface area contributed by atoms with Crippen LogP contribution in [0.25, 0.3) is 0 Å². The van der Waals surface area contributed by atoms with Crippen LogP contribution in [0.15, 0.2) is 11.6 Å². The summed E-state index contributed by atoms with van der Waals surface area (Å²) in [5.74, 6) is 4.22. The molecule has 0 saturated heterocycles. The predicted octanol–water partition coefficient (Wildman–Crippen LogP) is 5.62. The standard InChI is InChI=1S/C24H35NO/c1-23-12-8-18(26)15-17(23)4-5-19-21(23)9-13-24-11-2-3-16(10-14-25)20(24)6-7-22(19)24/h10,17-22,26H,2-9,11-13,15H2,1H3/t17-,18+,19?,20+,21?,22?,23-,24+/m0/s1. The number of allylic oxidation sites excluding steroid dienone is 2. The maximum atomic E-state index is 10.2. The van der Waals surface area contributed by atoms with Crippen LogP contribution >= 0.6 is 0 Å². The van der Waals surface area contributed by atoms with Gasteiger partial charge in [-0.1, -0.05) is 12.5 Å². The molecule has 0 bridgehead atoms. The molecule has 5 saturated carbocycles. The summed E-state index contributed by atoms with van der Waals surface area (Å²) in [6, 6.07) is 2.36. The van der Waals surface area contributed by atoms with E-state index in [0.717, 1.165) is 42.4 Å². The Balaban J connectivity index is 1.45. The van der Waals surface area contributed by atoms with Crippen molar-refractivity contribution in [3.8, 4) is 6.07 Å². The number of hydrogen-bond acceptors (Lipinski definition) is 2. The topological polar surface area (TPSA) is 44.0 Å². The quantitative estimate of drug-likeness (QED) is 0.574. The number of fused-ring (bicyclic) bond motifs is 4. The molecule has 0 aliphatic heterocycles. The van der Waals surface area contributed by atoms with Gasteiger partial charge in [-0.3, -0.25) is 0 Å². The highest BCUT2D eigenvalue weighted by molar-refractivity contribution is 5.25. The van der Waals surface area contributed by atoms with E-state index >= 15 is 0 Å². The molecule has 142 valence electrons. The second kappa shape index (κ2) is 6.10. The van der Waals surface area contributed by atoms with E-state index in [2.05, 4.69) is 13.0 Å². The van der Waals surface area contributed by atoms with Crippen molar-refractivity contribution in [3.63, 3.8) is 0 Å². The van der Waals surface area contributed by atoms with Crippen LogP contribution in [0, 0.1) is 51.8 Å². The lowest BCUT2D eigenvalue weighted by molar-refractivity contribution is -0.132.